The van der Waals surface area contributed by atoms with Gasteiger partial charge in [-0.15, -0.1) is 0 Å². The number of carbonyl (C=O) groups is 1. The Hall–Kier alpha value is -4.27. The maximum Gasteiger partial charge on any atom is 0.416 e. The Morgan fingerprint density at radius 2 is 1.74 bits per heavy atom. The van der Waals surface area contributed by atoms with Crippen molar-refractivity contribution in [1.82, 2.24) is 15.6 Å². The number of alkyl halides is 3. The van der Waals surface area contributed by atoms with Crippen molar-refractivity contribution in [3.8, 4) is 11.5 Å². The molecule has 4 aromatic rings. The lowest BCUT2D eigenvalue weighted by Crippen LogP contribution is -2.32. The van der Waals surface area contributed by atoms with E-state index in [4.69, 9.17) is 0 Å². The van der Waals surface area contributed by atoms with Gasteiger partial charge in [-0.1, -0.05) is 12.1 Å². The van der Waals surface area contributed by atoms with Crippen LogP contribution in [0, 0.1) is 0 Å². The predicted octanol–water partition coefficient (Wildman–Crippen LogP) is 4.15. The molecular formula is C29H31F3N4O6S. The topological polar surface area (TPSA) is 164 Å². The molecule has 7 N–H and O–H groups in total. The quantitative estimate of drug-likeness (QED) is 0.124. The van der Waals surface area contributed by atoms with Crippen LogP contribution in [0.2, 0.25) is 0 Å². The van der Waals surface area contributed by atoms with Crippen molar-refractivity contribution in [2.75, 3.05) is 17.5 Å². The van der Waals surface area contributed by atoms with Crippen LogP contribution in [0.1, 0.15) is 45.8 Å². The minimum absolute atomic E-state index is 0.0325. The summed E-state index contributed by atoms with van der Waals surface area (Å²) in [6.07, 6.45) is -4.08. The number of amides is 1. The predicted molar refractivity (Wildman–Crippen MR) is 155 cm³/mol. The number of aromatic amines is 1. The number of sulfonamides is 1. The second kappa shape index (κ2) is 12.5. The average Bonchev–Trinajstić information content (AvgIpc) is 3.34. The lowest BCUT2D eigenvalue weighted by molar-refractivity contribution is -0.137. The number of aliphatic hydroxyl groups is 1. The first-order chi connectivity index (χ1) is 20.1. The van der Waals surface area contributed by atoms with Crippen molar-refractivity contribution in [3.05, 3.63) is 88.6 Å². The van der Waals surface area contributed by atoms with Crippen molar-refractivity contribution >= 4 is 32.5 Å². The molecule has 0 spiro atoms. The molecule has 0 unspecified atom stereocenters. The van der Waals surface area contributed by atoms with Gasteiger partial charge in [-0.25, -0.2) is 8.42 Å². The molecule has 10 nitrogen and oxygen atoms in total. The number of aliphatic hydroxyl groups excluding tert-OH is 1. The van der Waals surface area contributed by atoms with E-state index in [0.29, 0.717) is 23.6 Å². The number of halogens is 3. The maximum atomic E-state index is 13.0. The van der Waals surface area contributed by atoms with Gasteiger partial charge >= 0.3 is 6.18 Å². The van der Waals surface area contributed by atoms with Crippen LogP contribution in [0.4, 0.5) is 18.9 Å². The number of aromatic hydroxyl groups is 2. The highest BCUT2D eigenvalue weighted by Crippen LogP contribution is 2.32. The number of phenols is 2. The molecule has 14 heteroatoms. The van der Waals surface area contributed by atoms with Crippen molar-refractivity contribution < 1.29 is 41.7 Å². The lowest BCUT2D eigenvalue weighted by Gasteiger charge is -2.18. The number of phenolic OH excluding ortho intramolecular Hbond substituents is 2. The number of nitrogens with one attached hydrogen (secondary N) is 4. The molecule has 0 saturated heterocycles. The van der Waals surface area contributed by atoms with Crippen molar-refractivity contribution in [2.45, 2.75) is 38.2 Å². The highest BCUT2D eigenvalue weighted by molar-refractivity contribution is 7.92. The van der Waals surface area contributed by atoms with E-state index in [2.05, 4.69) is 20.3 Å². The van der Waals surface area contributed by atoms with Gasteiger partial charge in [-0.05, 0) is 78.6 Å². The summed E-state index contributed by atoms with van der Waals surface area (Å²) >= 11 is 0. The second-order valence-electron chi connectivity index (χ2n) is 10.4. The number of hydrogen-bond donors (Lipinski definition) is 7. The molecule has 0 aliphatic carbocycles. The van der Waals surface area contributed by atoms with Gasteiger partial charge in [-0.3, -0.25) is 9.52 Å². The molecule has 0 aliphatic heterocycles. The SMILES string of the molecule is C[C@H](Cc1ccc2[nH]c(C(=O)NCc3cc(O)cc(C(F)(F)F)c3)cc2c1)NC[C@H](O)c1ccc(O)c(NS(C)(=O)=O)c1. The Balaban J connectivity index is 1.34. The van der Waals surface area contributed by atoms with E-state index in [9.17, 15) is 41.7 Å². The number of aromatic nitrogens is 1. The molecule has 43 heavy (non-hydrogen) atoms. The molecule has 1 heterocycles. The summed E-state index contributed by atoms with van der Waals surface area (Å²) < 4.78 is 64.3. The average molecular weight is 621 g/mol. The van der Waals surface area contributed by atoms with E-state index in [1.165, 1.54) is 18.2 Å². The fourth-order valence-electron chi connectivity index (χ4n) is 4.55. The Labute approximate surface area is 245 Å². The van der Waals surface area contributed by atoms with Crippen LogP contribution in [0.15, 0.2) is 60.7 Å². The first kappa shape index (κ1) is 31.7. The number of anilines is 1. The Bertz CT molecular complexity index is 1740. The van der Waals surface area contributed by atoms with Crippen molar-refractivity contribution in [3.63, 3.8) is 0 Å². The Kier molecular flexibility index (Phi) is 9.23. The minimum atomic E-state index is -4.63. The Morgan fingerprint density at radius 1 is 1.00 bits per heavy atom. The largest absolute Gasteiger partial charge is 0.508 e. The zero-order valence-electron chi connectivity index (χ0n) is 23.2. The lowest BCUT2D eigenvalue weighted by atomic mass is 10.0. The first-order valence-corrected chi connectivity index (χ1v) is 15.0. The van der Waals surface area contributed by atoms with Gasteiger partial charge in [0, 0.05) is 30.0 Å². The Morgan fingerprint density at radius 3 is 2.44 bits per heavy atom. The molecule has 4 rings (SSSR count). The number of H-pyrrole nitrogens is 1. The highest BCUT2D eigenvalue weighted by atomic mass is 32.2. The monoisotopic (exact) mass is 620 g/mol. The van der Waals surface area contributed by atoms with Crippen LogP contribution in [-0.2, 0) is 29.2 Å². The first-order valence-electron chi connectivity index (χ1n) is 13.1. The summed E-state index contributed by atoms with van der Waals surface area (Å²) in [4.78, 5) is 15.7. The zero-order chi connectivity index (χ0) is 31.5. The van der Waals surface area contributed by atoms with Gasteiger partial charge in [-0.2, -0.15) is 13.2 Å². The van der Waals surface area contributed by atoms with Gasteiger partial charge < -0.3 is 30.9 Å². The molecular weight excluding hydrogens is 589 g/mol. The summed E-state index contributed by atoms with van der Waals surface area (Å²) in [5.74, 6) is -1.34. The van der Waals surface area contributed by atoms with Crippen LogP contribution in [0.25, 0.3) is 10.9 Å². The smallest absolute Gasteiger partial charge is 0.416 e. The molecule has 3 aromatic carbocycles. The third kappa shape index (κ3) is 8.63. The van der Waals surface area contributed by atoms with E-state index in [1.807, 2.05) is 19.1 Å². The normalized spacial score (nSPS) is 13.5. The van der Waals surface area contributed by atoms with Crippen molar-refractivity contribution in [2.24, 2.45) is 0 Å². The van der Waals surface area contributed by atoms with Crippen LogP contribution < -0.4 is 15.4 Å². The van der Waals surface area contributed by atoms with Crippen LogP contribution in [-0.4, -0.2) is 53.5 Å². The van der Waals surface area contributed by atoms with Gasteiger partial charge in [0.2, 0.25) is 10.0 Å². The standard InChI is InChI=1S/C29H31F3N4O6S/c1-16(33-15-27(39)19-4-6-26(38)24(11-19)36-43(2,41)42)7-17-3-5-23-20(8-17)12-25(35-23)28(40)34-14-18-9-21(29(30,31)32)13-22(37)10-18/h3-6,8-13,16,27,33,35-39H,7,14-15H2,1-2H3,(H,34,40)/t16-,27+/m1/s1. The number of benzene rings is 3. The third-order valence-electron chi connectivity index (χ3n) is 6.59. The molecule has 1 aromatic heterocycles. The van der Waals surface area contributed by atoms with E-state index >= 15 is 0 Å². The number of fused-ring (bicyclic) bond motifs is 1. The van der Waals surface area contributed by atoms with Gasteiger partial charge in [0.05, 0.1) is 23.6 Å². The third-order valence-corrected chi connectivity index (χ3v) is 7.18. The molecule has 0 bridgehead atoms. The fraction of sp³-hybridized carbons (Fsp3) is 0.276. The maximum absolute atomic E-state index is 13.0. The van der Waals surface area contributed by atoms with Crippen LogP contribution in [0.5, 0.6) is 11.5 Å². The summed E-state index contributed by atoms with van der Waals surface area (Å²) in [5.41, 5.74) is 1.31. The van der Waals surface area contributed by atoms with E-state index < -0.39 is 39.5 Å². The van der Waals surface area contributed by atoms with Crippen LogP contribution >= 0.6 is 0 Å². The molecule has 230 valence electrons. The molecule has 1 amide bonds. The molecule has 0 aliphatic rings. The molecule has 2 atom stereocenters. The van der Waals surface area contributed by atoms with Gasteiger partial charge in [0.25, 0.3) is 5.91 Å². The van der Waals surface area contributed by atoms with Crippen LogP contribution in [0.3, 0.4) is 0 Å². The van der Waals surface area contributed by atoms with Gasteiger partial charge in [0.1, 0.15) is 17.2 Å². The summed E-state index contributed by atoms with van der Waals surface area (Å²) in [6, 6.07) is 13.9. The van der Waals surface area contributed by atoms with E-state index in [1.54, 1.807) is 12.1 Å². The summed E-state index contributed by atoms with van der Waals surface area (Å²) in [5, 5.41) is 36.6. The molecule has 0 saturated carbocycles. The number of hydrogen-bond acceptors (Lipinski definition) is 7. The fourth-order valence-corrected chi connectivity index (χ4v) is 5.11. The van der Waals surface area contributed by atoms with Gasteiger partial charge in [0.15, 0.2) is 0 Å². The number of rotatable bonds is 11. The summed E-state index contributed by atoms with van der Waals surface area (Å²) in [6.45, 7) is 1.86. The number of carbonyl (C=O) groups excluding carboxylic acids is 1. The van der Waals surface area contributed by atoms with E-state index in [-0.39, 0.29) is 41.8 Å². The second-order valence-corrected chi connectivity index (χ2v) is 12.1. The minimum Gasteiger partial charge on any atom is -0.508 e. The molecule has 0 radical (unpaired) electrons. The van der Waals surface area contributed by atoms with Crippen molar-refractivity contribution in [1.29, 1.82) is 0 Å². The van der Waals surface area contributed by atoms with E-state index in [0.717, 1.165) is 29.3 Å². The summed E-state index contributed by atoms with van der Waals surface area (Å²) in [7, 11) is -3.62. The molecule has 0 fully saturated rings. The zero-order valence-corrected chi connectivity index (χ0v) is 24.0. The highest BCUT2D eigenvalue weighted by Gasteiger charge is 2.31.